The Morgan fingerprint density at radius 2 is 0.629 bits per heavy atom. The van der Waals surface area contributed by atoms with Gasteiger partial charge in [0.25, 0.3) is 0 Å². The first-order chi connectivity index (χ1) is 34.2. The SMILES string of the molecule is CC1(C)c2cc3c(cc2-c2c1cc(-c1ccc4cc(-c5ccccc5)ccc4c1)c1c2oc2ccccc21)C(C)(C)c1cc(-c2ccc4cc(-c5ccccc5)ccc4c2)c2c(oc4ccccc42)c1-3. The summed E-state index contributed by atoms with van der Waals surface area (Å²) >= 11 is 0. The largest absolute Gasteiger partial charge is 0.455 e. The average molecular weight is 895 g/mol. The summed E-state index contributed by atoms with van der Waals surface area (Å²) in [7, 11) is 0. The van der Waals surface area contributed by atoms with Crippen LogP contribution in [0, 0.1) is 0 Å². The number of para-hydroxylation sites is 2. The van der Waals surface area contributed by atoms with Crippen LogP contribution in [-0.4, -0.2) is 0 Å². The van der Waals surface area contributed by atoms with Crippen molar-refractivity contribution in [1.29, 1.82) is 0 Å². The van der Waals surface area contributed by atoms with Gasteiger partial charge in [0.05, 0.1) is 0 Å². The molecule has 2 aliphatic carbocycles. The van der Waals surface area contributed by atoms with Crippen molar-refractivity contribution in [1.82, 2.24) is 0 Å². The normalized spacial score (nSPS) is 14.2. The fourth-order valence-electron chi connectivity index (χ4n) is 12.6. The van der Waals surface area contributed by atoms with E-state index >= 15 is 0 Å². The molecule has 13 aromatic rings. The second kappa shape index (κ2) is 14.1. The average Bonchev–Trinajstić information content (AvgIpc) is 4.11. The van der Waals surface area contributed by atoms with Crippen molar-refractivity contribution in [2.75, 3.05) is 0 Å². The Balaban J connectivity index is 0.918. The Bertz CT molecular complexity index is 4100. The summed E-state index contributed by atoms with van der Waals surface area (Å²) in [4.78, 5) is 0. The van der Waals surface area contributed by atoms with E-state index in [1.807, 2.05) is 0 Å². The number of rotatable bonds is 4. The topological polar surface area (TPSA) is 26.3 Å². The minimum Gasteiger partial charge on any atom is -0.455 e. The van der Waals surface area contributed by atoms with Crippen molar-refractivity contribution in [2.24, 2.45) is 0 Å². The molecule has 2 aliphatic rings. The lowest BCUT2D eigenvalue weighted by molar-refractivity contribution is 0.648. The molecule has 15 rings (SSSR count). The lowest BCUT2D eigenvalue weighted by Gasteiger charge is -2.24. The summed E-state index contributed by atoms with van der Waals surface area (Å²) in [6, 6.07) is 76.0. The van der Waals surface area contributed by atoms with Crippen LogP contribution in [0.25, 0.3) is 132 Å². The second-order valence-corrected chi connectivity index (χ2v) is 20.8. The van der Waals surface area contributed by atoms with Crippen LogP contribution in [-0.2, 0) is 10.8 Å². The Morgan fingerprint density at radius 3 is 1.04 bits per heavy atom. The Morgan fingerprint density at radius 1 is 0.286 bits per heavy atom. The molecule has 2 aromatic heterocycles. The highest BCUT2D eigenvalue weighted by atomic mass is 16.3. The van der Waals surface area contributed by atoms with Crippen LogP contribution >= 0.6 is 0 Å². The monoisotopic (exact) mass is 894 g/mol. The van der Waals surface area contributed by atoms with Gasteiger partial charge in [0.15, 0.2) is 0 Å². The van der Waals surface area contributed by atoms with Gasteiger partial charge in [-0.15, -0.1) is 0 Å². The van der Waals surface area contributed by atoms with E-state index < -0.39 is 0 Å². The molecule has 2 heterocycles. The first kappa shape index (κ1) is 39.5. The quantitative estimate of drug-likeness (QED) is 0.176. The van der Waals surface area contributed by atoms with E-state index in [0.717, 1.165) is 33.1 Å². The molecule has 0 aliphatic heterocycles. The smallest absolute Gasteiger partial charge is 0.144 e. The number of benzene rings is 11. The van der Waals surface area contributed by atoms with Gasteiger partial charge in [-0.1, -0.05) is 173 Å². The molecule has 0 radical (unpaired) electrons. The van der Waals surface area contributed by atoms with Crippen molar-refractivity contribution in [3.63, 3.8) is 0 Å². The van der Waals surface area contributed by atoms with Gasteiger partial charge in [-0.25, -0.2) is 0 Å². The first-order valence-corrected chi connectivity index (χ1v) is 24.6. The predicted molar refractivity (Wildman–Crippen MR) is 293 cm³/mol. The zero-order valence-corrected chi connectivity index (χ0v) is 39.4. The Hall–Kier alpha value is -8.46. The highest BCUT2D eigenvalue weighted by Gasteiger charge is 2.45. The Kier molecular flexibility index (Phi) is 7.94. The molecular weight excluding hydrogens is 849 g/mol. The molecule has 2 heteroatoms. The zero-order chi connectivity index (χ0) is 46.6. The van der Waals surface area contributed by atoms with E-state index in [1.165, 1.54) is 121 Å². The van der Waals surface area contributed by atoms with Gasteiger partial charge in [0, 0.05) is 43.5 Å². The van der Waals surface area contributed by atoms with E-state index in [4.69, 9.17) is 8.83 Å². The summed E-state index contributed by atoms with van der Waals surface area (Å²) in [5, 5.41) is 9.51. The third-order valence-corrected chi connectivity index (χ3v) is 16.2. The molecule has 0 amide bonds. The van der Waals surface area contributed by atoms with E-state index in [-0.39, 0.29) is 10.8 Å². The van der Waals surface area contributed by atoms with Gasteiger partial charge >= 0.3 is 0 Å². The van der Waals surface area contributed by atoms with Crippen LogP contribution in [0.1, 0.15) is 49.9 Å². The van der Waals surface area contributed by atoms with E-state index in [9.17, 15) is 0 Å². The summed E-state index contributed by atoms with van der Waals surface area (Å²) < 4.78 is 14.2. The van der Waals surface area contributed by atoms with Gasteiger partial charge in [0.1, 0.15) is 22.3 Å². The molecule has 0 N–H and O–H groups in total. The molecule has 0 bridgehead atoms. The summed E-state index contributed by atoms with van der Waals surface area (Å²) in [6.07, 6.45) is 0. The van der Waals surface area contributed by atoms with Crippen LogP contribution in [0.5, 0.6) is 0 Å². The number of hydrogen-bond donors (Lipinski definition) is 0. The van der Waals surface area contributed by atoms with Crippen molar-refractivity contribution in [3.8, 4) is 66.8 Å². The van der Waals surface area contributed by atoms with Crippen molar-refractivity contribution in [2.45, 2.75) is 38.5 Å². The minimum atomic E-state index is -0.325. The lowest BCUT2D eigenvalue weighted by atomic mass is 9.78. The van der Waals surface area contributed by atoms with Crippen LogP contribution in [0.2, 0.25) is 0 Å². The predicted octanol–water partition coefficient (Wildman–Crippen LogP) is 19.1. The van der Waals surface area contributed by atoms with Crippen molar-refractivity contribution >= 4 is 65.4 Å². The molecule has 0 saturated carbocycles. The van der Waals surface area contributed by atoms with Crippen LogP contribution < -0.4 is 0 Å². The molecule has 0 fully saturated rings. The van der Waals surface area contributed by atoms with Crippen LogP contribution in [0.3, 0.4) is 0 Å². The lowest BCUT2D eigenvalue weighted by Crippen LogP contribution is -2.17. The maximum Gasteiger partial charge on any atom is 0.144 e. The Labute approximate surface area is 406 Å². The molecule has 330 valence electrons. The molecule has 70 heavy (non-hydrogen) atoms. The molecule has 0 unspecified atom stereocenters. The van der Waals surface area contributed by atoms with Gasteiger partial charge in [-0.3, -0.25) is 0 Å². The van der Waals surface area contributed by atoms with Gasteiger partial charge in [-0.05, 0) is 160 Å². The van der Waals surface area contributed by atoms with E-state index in [2.05, 4.69) is 234 Å². The second-order valence-electron chi connectivity index (χ2n) is 20.8. The fourth-order valence-corrected chi connectivity index (χ4v) is 12.6. The fraction of sp³-hybridized carbons (Fsp3) is 0.0882. The molecule has 0 spiro atoms. The number of fused-ring (bicyclic) bond motifs is 16. The highest BCUT2D eigenvalue weighted by Crippen LogP contribution is 2.61. The van der Waals surface area contributed by atoms with Gasteiger partial charge < -0.3 is 8.83 Å². The molecule has 11 aromatic carbocycles. The van der Waals surface area contributed by atoms with Gasteiger partial charge in [0.2, 0.25) is 0 Å². The summed E-state index contributed by atoms with van der Waals surface area (Å²) in [5.41, 5.74) is 22.9. The molecule has 2 nitrogen and oxygen atoms in total. The summed E-state index contributed by atoms with van der Waals surface area (Å²) in [5.74, 6) is 0. The van der Waals surface area contributed by atoms with Crippen molar-refractivity contribution in [3.05, 3.63) is 229 Å². The first-order valence-electron chi connectivity index (χ1n) is 24.6. The maximum atomic E-state index is 7.09. The van der Waals surface area contributed by atoms with Crippen LogP contribution in [0.4, 0.5) is 0 Å². The number of hydrogen-bond acceptors (Lipinski definition) is 2. The highest BCUT2D eigenvalue weighted by molar-refractivity contribution is 6.21. The van der Waals surface area contributed by atoms with Gasteiger partial charge in [-0.2, -0.15) is 0 Å². The van der Waals surface area contributed by atoms with E-state index in [1.54, 1.807) is 0 Å². The zero-order valence-electron chi connectivity index (χ0n) is 39.4. The van der Waals surface area contributed by atoms with E-state index in [0.29, 0.717) is 0 Å². The molecule has 0 saturated heterocycles. The van der Waals surface area contributed by atoms with Crippen molar-refractivity contribution < 1.29 is 8.83 Å². The molecular formula is C68H46O2. The van der Waals surface area contributed by atoms with Crippen LogP contribution in [0.15, 0.2) is 215 Å². The molecule has 0 atom stereocenters. The summed E-state index contributed by atoms with van der Waals surface area (Å²) in [6.45, 7) is 9.60. The minimum absolute atomic E-state index is 0.325. The number of furan rings is 2. The third-order valence-electron chi connectivity index (χ3n) is 16.2. The standard InChI is InChI=1S/C68H46O2/c1-67(2)55-37-54-56(38-53(55)63-57(67)35-51(61-49-19-11-13-21-59(49)69-65(61)63)47-29-27-43-31-41(23-25-45(43)33-47)39-15-7-5-8-16-39)68(3,4)58-36-52(62-50-20-12-14-22-60(50)70-66(62)64(54)58)48-30-28-44-32-42(24-26-46(44)34-48)40-17-9-6-10-18-40/h5-38H,1-4H3. The third kappa shape index (κ3) is 5.45. The maximum absolute atomic E-state index is 7.09.